The molecule has 6 rings (SSSR count). The molecule has 2 bridgehead atoms. The number of fused-ring (bicyclic) bond motifs is 3. The van der Waals surface area contributed by atoms with Crippen molar-refractivity contribution in [1.82, 2.24) is 40.5 Å². The lowest BCUT2D eigenvalue weighted by Gasteiger charge is -2.50. The van der Waals surface area contributed by atoms with Gasteiger partial charge in [-0.05, 0) is 89.0 Å². The molecule has 414 valence electrons. The molecule has 7 amide bonds. The number of aliphatic hydroxyl groups excluding tert-OH is 1. The van der Waals surface area contributed by atoms with Crippen LogP contribution in [0.15, 0.2) is 60.8 Å². The Labute approximate surface area is 442 Å². The average molecular weight is 1060 g/mol. The molecule has 3 fully saturated rings. The summed E-state index contributed by atoms with van der Waals surface area (Å²) in [7, 11) is 2.66. The normalized spacial score (nSPS) is 27.9. The van der Waals surface area contributed by atoms with Crippen molar-refractivity contribution in [3.8, 4) is 5.75 Å². The fourth-order valence-electron chi connectivity index (χ4n) is 10.2. The second-order valence-electron chi connectivity index (χ2n) is 22.1. The molecule has 22 heteroatoms. The van der Waals surface area contributed by atoms with Crippen LogP contribution in [0, 0.1) is 22.0 Å². The number of nitro groups is 1. The van der Waals surface area contributed by atoms with Gasteiger partial charge in [0.15, 0.2) is 12.0 Å². The van der Waals surface area contributed by atoms with E-state index < -0.39 is 130 Å². The number of phenolic OH excluding ortho intramolecular Hbond substituents is 1. The zero-order valence-electron chi connectivity index (χ0n) is 45.2. The Morgan fingerprint density at radius 3 is 2.04 bits per heavy atom. The number of carbonyl (C=O) groups is 7. The number of amides is 7. The minimum Gasteiger partial charge on any atom is -0.502 e. The summed E-state index contributed by atoms with van der Waals surface area (Å²) >= 11 is 0. The largest absolute Gasteiger partial charge is 0.502 e. The quantitative estimate of drug-likeness (QED) is 0.0561. The summed E-state index contributed by atoms with van der Waals surface area (Å²) < 4.78 is 7.81. The summed E-state index contributed by atoms with van der Waals surface area (Å²) in [4.78, 5) is 118. The Morgan fingerprint density at radius 1 is 0.829 bits per heavy atom. The van der Waals surface area contributed by atoms with Crippen LogP contribution in [0.5, 0.6) is 5.75 Å². The fourth-order valence-corrected chi connectivity index (χ4v) is 10.2. The van der Waals surface area contributed by atoms with Gasteiger partial charge in [0.2, 0.25) is 41.4 Å². The number of aliphatic hydroxyl groups is 2. The van der Waals surface area contributed by atoms with Crippen molar-refractivity contribution < 1.29 is 58.5 Å². The van der Waals surface area contributed by atoms with Crippen molar-refractivity contribution in [2.24, 2.45) is 11.8 Å². The topological polar surface area (TPSA) is 299 Å². The van der Waals surface area contributed by atoms with E-state index in [1.54, 1.807) is 32.9 Å². The number of allylic oxidation sites excluding steroid dienone is 1. The standard InChI is InChI=1S/C54H75N9O13/c1-12-13-17-35-45(65)58-37(25-33-27-61(53(7,8)44-28-76-44)38-18-15-14-16-34(33)38)50(70)59(10)40(21-29(2)3)47(67)57-36(23-32-19-20-43(64)39(24-32)63(74)75)46(66)55-31(6)49(69)60(11)42-26-54(9,73)52(72)62(51(42)71)41(22-30(4)5)48(68)56-35/h12-16,18-20,24,27,29-31,35-37,40-42,44,52,64,72-73H,17,21-23,25-26,28H2,1-11H3,(H,55,66)(H,56,68)(H,57,67)(H,58,65)/b13-12+/t31-,35-,36-,37-,40-,41-,42-,44+,52+,54-/m0/s1. The average Bonchev–Trinajstić information content (AvgIpc) is 4.18. The molecule has 3 aliphatic rings. The van der Waals surface area contributed by atoms with Gasteiger partial charge < -0.3 is 60.6 Å². The molecular formula is C54H75N9O13. The number of epoxide rings is 1. The molecule has 0 saturated carbocycles. The van der Waals surface area contributed by atoms with E-state index in [1.165, 1.54) is 38.9 Å². The number of aromatic hydroxyl groups is 1. The molecule has 22 nitrogen and oxygen atoms in total. The van der Waals surface area contributed by atoms with Crippen molar-refractivity contribution >= 4 is 57.9 Å². The second-order valence-corrected chi connectivity index (χ2v) is 22.1. The SMILES string of the molecule is C/C=C/C[C@@H]1NC(=O)[C@H](CC(C)C)N2C(=O)[C@H](C[C@](C)(O)[C@H]2O)N(C)C(=O)[C@H](C)NC(=O)[C@H](Cc2ccc(O)c([N+](=O)[O-])c2)NC(=O)[C@H](CC(C)C)N(C)C(=O)[C@H](Cc2cn(C(C)(C)[C@H]3CO3)c3ccccc23)NC1=O. The molecular weight excluding hydrogens is 983 g/mol. The Kier molecular flexibility index (Phi) is 18.1. The first-order valence-corrected chi connectivity index (χ1v) is 25.8. The first-order chi connectivity index (χ1) is 35.6. The first-order valence-electron chi connectivity index (χ1n) is 25.8. The number of nitro benzene ring substituents is 1. The number of likely N-dealkylation sites (N-methyl/N-ethyl adjacent to an activating group) is 2. The number of nitrogens with one attached hydrogen (secondary N) is 4. The van der Waals surface area contributed by atoms with Crippen molar-refractivity contribution in [2.45, 2.75) is 167 Å². The van der Waals surface area contributed by atoms with Gasteiger partial charge in [0.1, 0.15) is 54.0 Å². The molecule has 4 heterocycles. The fraction of sp³-hybridized carbons (Fsp3) is 0.574. The number of piperidine rings is 1. The molecule has 0 aliphatic carbocycles. The van der Waals surface area contributed by atoms with E-state index in [-0.39, 0.29) is 49.2 Å². The molecule has 1 aromatic heterocycles. The maximum absolute atomic E-state index is 15.4. The van der Waals surface area contributed by atoms with Crippen LogP contribution in [0.3, 0.4) is 0 Å². The van der Waals surface area contributed by atoms with Crippen LogP contribution in [0.2, 0.25) is 0 Å². The van der Waals surface area contributed by atoms with Crippen molar-refractivity contribution in [3.05, 3.63) is 82.1 Å². The van der Waals surface area contributed by atoms with Crippen molar-refractivity contribution in [2.75, 3.05) is 20.7 Å². The predicted octanol–water partition coefficient (Wildman–Crippen LogP) is 2.53. The van der Waals surface area contributed by atoms with Crippen LogP contribution >= 0.6 is 0 Å². The third-order valence-electron chi connectivity index (χ3n) is 14.8. The van der Waals surface area contributed by atoms with E-state index >= 15 is 4.79 Å². The lowest BCUT2D eigenvalue weighted by atomic mass is 9.85. The van der Waals surface area contributed by atoms with Crippen LogP contribution in [0.1, 0.15) is 99.1 Å². The van der Waals surface area contributed by atoms with Crippen LogP contribution < -0.4 is 21.3 Å². The van der Waals surface area contributed by atoms with Gasteiger partial charge >= 0.3 is 5.69 Å². The van der Waals surface area contributed by atoms with Gasteiger partial charge in [0.25, 0.3) is 0 Å². The Morgan fingerprint density at radius 2 is 1.42 bits per heavy atom. The number of phenols is 1. The summed E-state index contributed by atoms with van der Waals surface area (Å²) in [6.07, 6.45) is 2.02. The third-order valence-corrected chi connectivity index (χ3v) is 14.8. The molecule has 0 spiro atoms. The van der Waals surface area contributed by atoms with Crippen molar-refractivity contribution in [1.29, 1.82) is 0 Å². The zero-order chi connectivity index (χ0) is 56.3. The highest BCUT2D eigenvalue weighted by atomic mass is 16.6. The van der Waals surface area contributed by atoms with Crippen LogP contribution in [0.25, 0.3) is 10.9 Å². The summed E-state index contributed by atoms with van der Waals surface area (Å²) in [6, 6.07) is 0.883. The molecule has 3 aromatic rings. The number of hydrogen-bond acceptors (Lipinski definition) is 13. The number of nitrogens with zero attached hydrogens (tertiary/aromatic N) is 5. The molecule has 76 heavy (non-hydrogen) atoms. The lowest BCUT2D eigenvalue weighted by Crippen LogP contribution is -2.71. The van der Waals surface area contributed by atoms with E-state index in [1.807, 2.05) is 58.2 Å². The molecule has 3 saturated heterocycles. The minimum absolute atomic E-state index is 0.0427. The van der Waals surface area contributed by atoms with Gasteiger partial charge in [-0.25, -0.2) is 0 Å². The van der Waals surface area contributed by atoms with E-state index in [0.29, 0.717) is 12.2 Å². The summed E-state index contributed by atoms with van der Waals surface area (Å²) in [5.41, 5.74) is -1.68. The van der Waals surface area contributed by atoms with Gasteiger partial charge in [-0.2, -0.15) is 0 Å². The van der Waals surface area contributed by atoms with Crippen molar-refractivity contribution in [3.63, 3.8) is 0 Å². The van der Waals surface area contributed by atoms with Gasteiger partial charge in [0, 0.05) is 56.5 Å². The molecule has 0 radical (unpaired) electrons. The van der Waals surface area contributed by atoms with Gasteiger partial charge in [-0.15, -0.1) is 0 Å². The summed E-state index contributed by atoms with van der Waals surface area (Å²) in [5, 5.41) is 57.4. The summed E-state index contributed by atoms with van der Waals surface area (Å²) in [6.45, 7) is 16.1. The number of hydrogen-bond donors (Lipinski definition) is 7. The van der Waals surface area contributed by atoms with Gasteiger partial charge in [0.05, 0.1) is 17.1 Å². The first kappa shape index (κ1) is 58.4. The van der Waals surface area contributed by atoms with E-state index in [0.717, 1.165) is 32.8 Å². The zero-order valence-corrected chi connectivity index (χ0v) is 45.2. The number of rotatable bonds is 13. The number of benzene rings is 2. The molecule has 2 aromatic carbocycles. The van der Waals surface area contributed by atoms with Gasteiger partial charge in [-0.3, -0.25) is 43.7 Å². The molecule has 0 unspecified atom stereocenters. The number of carbonyl (C=O) groups excluding carboxylic acids is 7. The highest BCUT2D eigenvalue weighted by Gasteiger charge is 2.53. The monoisotopic (exact) mass is 1060 g/mol. The predicted molar refractivity (Wildman–Crippen MR) is 280 cm³/mol. The minimum atomic E-state index is -2.11. The van der Waals surface area contributed by atoms with E-state index in [4.69, 9.17) is 4.74 Å². The van der Waals surface area contributed by atoms with Crippen LogP contribution in [-0.2, 0) is 56.7 Å². The van der Waals surface area contributed by atoms with E-state index in [2.05, 4.69) is 25.8 Å². The van der Waals surface area contributed by atoms with Crippen LogP contribution in [-0.4, -0.2) is 162 Å². The number of aromatic nitrogens is 1. The Hall–Kier alpha value is -6.91. The third kappa shape index (κ3) is 12.8. The number of ether oxygens (including phenoxy) is 1. The van der Waals surface area contributed by atoms with E-state index in [9.17, 15) is 54.2 Å². The molecule has 7 N–H and O–H groups in total. The molecule has 10 atom stereocenters. The Bertz CT molecular complexity index is 2730. The maximum Gasteiger partial charge on any atom is 0.310 e. The maximum atomic E-state index is 15.4. The number of para-hydroxylation sites is 1. The second kappa shape index (κ2) is 23.5. The highest BCUT2D eigenvalue weighted by molar-refractivity contribution is 5.99. The highest BCUT2D eigenvalue weighted by Crippen LogP contribution is 2.37. The molecule has 3 aliphatic heterocycles. The van der Waals surface area contributed by atoms with Gasteiger partial charge in [-0.1, -0.05) is 64.1 Å². The lowest BCUT2D eigenvalue weighted by molar-refractivity contribution is -0.385. The Balaban J connectivity index is 1.52. The summed E-state index contributed by atoms with van der Waals surface area (Å²) in [5.74, 6) is -7.10. The van der Waals surface area contributed by atoms with Crippen LogP contribution in [0.4, 0.5) is 5.69 Å². The smallest absolute Gasteiger partial charge is 0.310 e.